The first-order valence-corrected chi connectivity index (χ1v) is 4.50. The fourth-order valence-corrected chi connectivity index (χ4v) is 1.70. The molecule has 0 fully saturated rings. The molecule has 0 N–H and O–H groups in total. The monoisotopic (exact) mass is 180 g/mol. The Labute approximate surface area is 74.1 Å². The predicted octanol–water partition coefficient (Wildman–Crippen LogP) is 2.41. The van der Waals surface area contributed by atoms with Gasteiger partial charge in [-0.3, -0.25) is 0 Å². The van der Waals surface area contributed by atoms with Crippen LogP contribution in [0.2, 0.25) is 0 Å². The van der Waals surface area contributed by atoms with Gasteiger partial charge < -0.3 is 4.42 Å². The van der Waals surface area contributed by atoms with Crippen molar-refractivity contribution in [2.45, 2.75) is 13.8 Å². The first-order chi connectivity index (χ1) is 5.77. The van der Waals surface area contributed by atoms with Crippen molar-refractivity contribution in [3.05, 3.63) is 22.2 Å². The molecule has 0 unspecified atom stereocenters. The zero-order valence-electron chi connectivity index (χ0n) is 6.87. The van der Waals surface area contributed by atoms with Crippen LogP contribution in [0.3, 0.4) is 0 Å². The van der Waals surface area contributed by atoms with Crippen molar-refractivity contribution >= 4 is 11.3 Å². The lowest BCUT2D eigenvalue weighted by atomic mass is 10.3. The number of hydrogen-bond donors (Lipinski definition) is 0. The Bertz CT molecular complexity index is 391. The van der Waals surface area contributed by atoms with Gasteiger partial charge in [-0.05, 0) is 18.4 Å². The van der Waals surface area contributed by atoms with Crippen molar-refractivity contribution in [2.24, 2.45) is 0 Å². The Hall–Kier alpha value is -1.16. The van der Waals surface area contributed by atoms with E-state index in [-0.39, 0.29) is 0 Å². The van der Waals surface area contributed by atoms with E-state index >= 15 is 0 Å². The highest BCUT2D eigenvalue weighted by Gasteiger charge is 2.08. The van der Waals surface area contributed by atoms with Crippen molar-refractivity contribution < 1.29 is 4.42 Å². The standard InChI is InChI=1S/C8H8N2OS/c1-5-7(3-4-12-5)8-10-9-6(2)11-8/h3-4H,1-2H3. The van der Waals surface area contributed by atoms with E-state index in [2.05, 4.69) is 10.2 Å². The molecule has 0 saturated heterocycles. The second-order valence-electron chi connectivity index (χ2n) is 2.52. The van der Waals surface area contributed by atoms with E-state index < -0.39 is 0 Å². The Morgan fingerprint density at radius 1 is 1.33 bits per heavy atom. The van der Waals surface area contributed by atoms with Gasteiger partial charge in [0.15, 0.2) is 0 Å². The van der Waals surface area contributed by atoms with Gasteiger partial charge in [0.25, 0.3) is 0 Å². The minimum atomic E-state index is 0.607. The van der Waals surface area contributed by atoms with Crippen LogP contribution in [0, 0.1) is 13.8 Å². The third-order valence-electron chi connectivity index (χ3n) is 1.62. The van der Waals surface area contributed by atoms with Crippen LogP contribution in [0.4, 0.5) is 0 Å². The van der Waals surface area contributed by atoms with Crippen LogP contribution in [0.15, 0.2) is 15.9 Å². The second kappa shape index (κ2) is 2.71. The molecule has 2 heterocycles. The first-order valence-electron chi connectivity index (χ1n) is 3.62. The molecule has 0 amide bonds. The van der Waals surface area contributed by atoms with Gasteiger partial charge in [0, 0.05) is 11.8 Å². The normalized spacial score (nSPS) is 10.5. The molecule has 0 aliphatic rings. The van der Waals surface area contributed by atoms with Crippen molar-refractivity contribution in [3.63, 3.8) is 0 Å². The van der Waals surface area contributed by atoms with Crippen molar-refractivity contribution in [1.29, 1.82) is 0 Å². The quantitative estimate of drug-likeness (QED) is 0.676. The molecule has 0 aliphatic heterocycles. The van der Waals surface area contributed by atoms with Crippen molar-refractivity contribution in [1.82, 2.24) is 10.2 Å². The summed E-state index contributed by atoms with van der Waals surface area (Å²) >= 11 is 1.68. The van der Waals surface area contributed by atoms with Crippen molar-refractivity contribution in [2.75, 3.05) is 0 Å². The summed E-state index contributed by atoms with van der Waals surface area (Å²) < 4.78 is 5.29. The molecular formula is C8H8N2OS. The van der Waals surface area contributed by atoms with Gasteiger partial charge in [0.05, 0.1) is 5.56 Å². The predicted molar refractivity (Wildman–Crippen MR) is 47.1 cm³/mol. The average Bonchev–Trinajstić information content (AvgIpc) is 2.58. The van der Waals surface area contributed by atoms with Crippen molar-refractivity contribution in [3.8, 4) is 11.5 Å². The van der Waals surface area contributed by atoms with E-state index in [0.717, 1.165) is 5.56 Å². The van der Waals surface area contributed by atoms with E-state index in [1.807, 2.05) is 18.4 Å². The molecule has 4 heteroatoms. The Kier molecular flexibility index (Phi) is 1.69. The smallest absolute Gasteiger partial charge is 0.248 e. The largest absolute Gasteiger partial charge is 0.421 e. The minimum Gasteiger partial charge on any atom is -0.421 e. The molecule has 0 aromatic carbocycles. The van der Waals surface area contributed by atoms with Crippen LogP contribution in [0.25, 0.3) is 11.5 Å². The van der Waals surface area contributed by atoms with Gasteiger partial charge in [-0.2, -0.15) is 0 Å². The van der Waals surface area contributed by atoms with Gasteiger partial charge in [-0.15, -0.1) is 21.5 Å². The van der Waals surface area contributed by atoms with Gasteiger partial charge in [-0.25, -0.2) is 0 Å². The molecule has 0 radical (unpaired) electrons. The first kappa shape index (κ1) is 7.49. The fraction of sp³-hybridized carbons (Fsp3) is 0.250. The van der Waals surface area contributed by atoms with E-state index in [1.54, 1.807) is 18.3 Å². The Morgan fingerprint density at radius 2 is 2.17 bits per heavy atom. The van der Waals surface area contributed by atoms with E-state index in [9.17, 15) is 0 Å². The second-order valence-corrected chi connectivity index (χ2v) is 3.64. The molecule has 0 atom stereocenters. The number of thiophene rings is 1. The van der Waals surface area contributed by atoms with E-state index in [0.29, 0.717) is 11.8 Å². The summed E-state index contributed by atoms with van der Waals surface area (Å²) in [6, 6.07) is 1.99. The highest BCUT2D eigenvalue weighted by molar-refractivity contribution is 7.10. The molecule has 0 bridgehead atoms. The molecule has 3 nitrogen and oxygen atoms in total. The third-order valence-corrected chi connectivity index (χ3v) is 2.46. The lowest BCUT2D eigenvalue weighted by molar-refractivity contribution is 0.532. The lowest BCUT2D eigenvalue weighted by Gasteiger charge is -1.89. The third kappa shape index (κ3) is 1.14. The van der Waals surface area contributed by atoms with Crippen LogP contribution in [-0.4, -0.2) is 10.2 Å². The number of hydrogen-bond acceptors (Lipinski definition) is 4. The summed E-state index contributed by atoms with van der Waals surface area (Å²) in [5.74, 6) is 1.22. The highest BCUT2D eigenvalue weighted by Crippen LogP contribution is 2.25. The fourth-order valence-electron chi connectivity index (χ4n) is 1.01. The maximum atomic E-state index is 5.29. The molecule has 0 spiro atoms. The van der Waals surface area contributed by atoms with Gasteiger partial charge in [0.1, 0.15) is 0 Å². The summed E-state index contributed by atoms with van der Waals surface area (Å²) in [7, 11) is 0. The van der Waals surface area contributed by atoms with Crippen LogP contribution < -0.4 is 0 Å². The number of aromatic nitrogens is 2. The Balaban J connectivity index is 2.50. The minimum absolute atomic E-state index is 0.607. The van der Waals surface area contributed by atoms with Gasteiger partial charge >= 0.3 is 0 Å². The SMILES string of the molecule is Cc1nnc(-c2ccsc2C)o1. The van der Waals surface area contributed by atoms with Crippen LogP contribution >= 0.6 is 11.3 Å². The zero-order valence-corrected chi connectivity index (χ0v) is 7.68. The lowest BCUT2D eigenvalue weighted by Crippen LogP contribution is -1.75. The molecule has 0 saturated carbocycles. The zero-order chi connectivity index (χ0) is 8.55. The molecule has 2 aromatic heterocycles. The van der Waals surface area contributed by atoms with Crippen LogP contribution in [0.1, 0.15) is 10.8 Å². The van der Waals surface area contributed by atoms with E-state index in [4.69, 9.17) is 4.42 Å². The molecule has 12 heavy (non-hydrogen) atoms. The maximum absolute atomic E-state index is 5.29. The van der Waals surface area contributed by atoms with Crippen LogP contribution in [-0.2, 0) is 0 Å². The molecule has 2 rings (SSSR count). The topological polar surface area (TPSA) is 38.9 Å². The summed E-state index contributed by atoms with van der Waals surface area (Å²) in [6.45, 7) is 3.83. The number of nitrogens with zero attached hydrogens (tertiary/aromatic N) is 2. The average molecular weight is 180 g/mol. The molecule has 2 aromatic rings. The summed E-state index contributed by atoms with van der Waals surface area (Å²) in [5, 5.41) is 9.73. The molecule has 0 aliphatic carbocycles. The summed E-state index contributed by atoms with van der Waals surface area (Å²) in [4.78, 5) is 1.21. The molecular weight excluding hydrogens is 172 g/mol. The Morgan fingerprint density at radius 3 is 2.67 bits per heavy atom. The summed E-state index contributed by atoms with van der Waals surface area (Å²) in [5.41, 5.74) is 1.04. The van der Waals surface area contributed by atoms with Crippen LogP contribution in [0.5, 0.6) is 0 Å². The molecule has 62 valence electrons. The highest BCUT2D eigenvalue weighted by atomic mass is 32.1. The van der Waals surface area contributed by atoms with E-state index in [1.165, 1.54) is 4.88 Å². The number of aryl methyl sites for hydroxylation is 2. The maximum Gasteiger partial charge on any atom is 0.248 e. The summed E-state index contributed by atoms with van der Waals surface area (Å²) in [6.07, 6.45) is 0. The van der Waals surface area contributed by atoms with Gasteiger partial charge in [-0.1, -0.05) is 0 Å². The number of rotatable bonds is 1. The van der Waals surface area contributed by atoms with Gasteiger partial charge in [0.2, 0.25) is 11.8 Å².